The summed E-state index contributed by atoms with van der Waals surface area (Å²) in [5.74, 6) is -1.45. The van der Waals surface area contributed by atoms with Crippen LogP contribution in [0.5, 0.6) is 0 Å². The molecule has 1 fully saturated rings. The molecule has 0 unspecified atom stereocenters. The van der Waals surface area contributed by atoms with Gasteiger partial charge in [0.2, 0.25) is 0 Å². The molecular formula is C17H23NO6S. The van der Waals surface area contributed by atoms with E-state index in [0.29, 0.717) is 38.0 Å². The van der Waals surface area contributed by atoms with Crippen LogP contribution in [0.4, 0.5) is 0 Å². The normalized spacial score (nSPS) is 17.0. The molecular weight excluding hydrogens is 346 g/mol. The van der Waals surface area contributed by atoms with Crippen molar-refractivity contribution in [3.8, 4) is 0 Å². The molecule has 25 heavy (non-hydrogen) atoms. The van der Waals surface area contributed by atoms with Gasteiger partial charge in [-0.15, -0.1) is 0 Å². The van der Waals surface area contributed by atoms with Crippen LogP contribution in [0.25, 0.3) is 0 Å². The third-order valence-corrected chi connectivity index (χ3v) is 5.78. The number of aliphatic carboxylic acids is 1. The predicted octanol–water partition coefficient (Wildman–Crippen LogP) is 1.26. The minimum atomic E-state index is -3.45. The van der Waals surface area contributed by atoms with E-state index in [9.17, 15) is 23.1 Å². The van der Waals surface area contributed by atoms with Gasteiger partial charge in [-0.1, -0.05) is 13.0 Å². The van der Waals surface area contributed by atoms with Crippen LogP contribution in [-0.4, -0.2) is 51.4 Å². The maximum absolute atomic E-state index is 12.4. The fourth-order valence-corrected chi connectivity index (χ4v) is 3.94. The number of hydrogen-bond donors (Lipinski definition) is 2. The molecule has 8 heteroatoms. The van der Waals surface area contributed by atoms with Crippen molar-refractivity contribution in [1.29, 1.82) is 0 Å². The lowest BCUT2D eigenvalue weighted by atomic mass is 9.80. The number of rotatable bonds is 6. The molecule has 2 rings (SSSR count). The predicted molar refractivity (Wildman–Crippen MR) is 91.4 cm³/mol. The summed E-state index contributed by atoms with van der Waals surface area (Å²) in [4.78, 5) is 24.1. The van der Waals surface area contributed by atoms with Gasteiger partial charge < -0.3 is 15.2 Å². The Morgan fingerprint density at radius 3 is 2.44 bits per heavy atom. The molecule has 0 atom stereocenters. The fourth-order valence-electron chi connectivity index (χ4n) is 2.91. The van der Waals surface area contributed by atoms with Gasteiger partial charge in [-0.25, -0.2) is 8.42 Å². The Labute approximate surface area is 147 Å². The highest BCUT2D eigenvalue weighted by Crippen LogP contribution is 2.30. The van der Waals surface area contributed by atoms with Gasteiger partial charge in [-0.3, -0.25) is 9.59 Å². The number of carboxylic acid groups (broad SMARTS) is 1. The third-order valence-electron chi connectivity index (χ3n) is 4.60. The number of hydrogen-bond acceptors (Lipinski definition) is 5. The van der Waals surface area contributed by atoms with Gasteiger partial charge in [0.05, 0.1) is 10.3 Å². The summed E-state index contributed by atoms with van der Waals surface area (Å²) in [6.45, 7) is 2.50. The molecule has 7 nitrogen and oxygen atoms in total. The van der Waals surface area contributed by atoms with Crippen LogP contribution >= 0.6 is 0 Å². The van der Waals surface area contributed by atoms with Crippen LogP contribution in [0.1, 0.15) is 35.7 Å². The zero-order chi connectivity index (χ0) is 18.7. The monoisotopic (exact) mass is 369 g/mol. The first kappa shape index (κ1) is 19.4. The second-order valence-electron chi connectivity index (χ2n) is 6.33. The van der Waals surface area contributed by atoms with Crippen molar-refractivity contribution in [2.45, 2.75) is 31.1 Å². The van der Waals surface area contributed by atoms with E-state index in [4.69, 9.17) is 4.74 Å². The number of carboxylic acids is 1. The first-order valence-corrected chi connectivity index (χ1v) is 10.0. The molecule has 0 aliphatic carbocycles. The molecule has 0 bridgehead atoms. The second-order valence-corrected chi connectivity index (χ2v) is 8.31. The Hall–Kier alpha value is -1.93. The average Bonchev–Trinajstić information content (AvgIpc) is 2.59. The second kappa shape index (κ2) is 7.53. The number of carbonyl (C=O) groups is 2. The summed E-state index contributed by atoms with van der Waals surface area (Å²) in [6.07, 6.45) is 2.29. The number of carbonyl (C=O) groups excluding carboxylic acids is 1. The molecule has 0 radical (unpaired) electrons. The topological polar surface area (TPSA) is 110 Å². The molecule has 1 aromatic carbocycles. The highest BCUT2D eigenvalue weighted by atomic mass is 32.2. The van der Waals surface area contributed by atoms with Crippen LogP contribution < -0.4 is 5.32 Å². The van der Waals surface area contributed by atoms with E-state index >= 15 is 0 Å². The van der Waals surface area contributed by atoms with Crippen LogP contribution in [0, 0.1) is 5.41 Å². The number of sulfone groups is 1. The third kappa shape index (κ3) is 4.38. The van der Waals surface area contributed by atoms with Crippen molar-refractivity contribution in [2.75, 3.05) is 26.0 Å². The van der Waals surface area contributed by atoms with Gasteiger partial charge in [-0.2, -0.15) is 0 Å². The van der Waals surface area contributed by atoms with E-state index in [1.807, 2.05) is 6.92 Å². The van der Waals surface area contributed by atoms with Gasteiger partial charge in [0.15, 0.2) is 9.84 Å². The maximum Gasteiger partial charge on any atom is 0.311 e. The molecule has 0 saturated carbocycles. The zero-order valence-electron chi connectivity index (χ0n) is 14.4. The van der Waals surface area contributed by atoms with Crippen LogP contribution in [0.15, 0.2) is 23.1 Å². The molecule has 1 aliphatic rings. The van der Waals surface area contributed by atoms with Crippen molar-refractivity contribution in [3.05, 3.63) is 29.3 Å². The number of amides is 1. The lowest BCUT2D eigenvalue weighted by Gasteiger charge is -2.33. The van der Waals surface area contributed by atoms with Crippen LogP contribution in [0.3, 0.4) is 0 Å². The zero-order valence-corrected chi connectivity index (χ0v) is 15.2. The molecule has 1 heterocycles. The minimum Gasteiger partial charge on any atom is -0.481 e. The molecule has 1 saturated heterocycles. The first-order valence-electron chi connectivity index (χ1n) is 8.12. The molecule has 0 aromatic heterocycles. The Morgan fingerprint density at radius 1 is 1.28 bits per heavy atom. The van der Waals surface area contributed by atoms with Gasteiger partial charge in [0.1, 0.15) is 0 Å². The highest BCUT2D eigenvalue weighted by molar-refractivity contribution is 7.90. The van der Waals surface area contributed by atoms with Crippen molar-refractivity contribution in [3.63, 3.8) is 0 Å². The lowest BCUT2D eigenvalue weighted by Crippen LogP contribution is -2.46. The van der Waals surface area contributed by atoms with E-state index < -0.39 is 27.1 Å². The number of ether oxygens (including phenoxy) is 1. The van der Waals surface area contributed by atoms with E-state index in [-0.39, 0.29) is 17.0 Å². The summed E-state index contributed by atoms with van der Waals surface area (Å²) in [6, 6.07) is 4.52. The number of aryl methyl sites for hydroxylation is 1. The maximum atomic E-state index is 12.4. The van der Waals surface area contributed by atoms with Crippen molar-refractivity contribution >= 4 is 21.7 Å². The molecule has 1 aliphatic heterocycles. The van der Waals surface area contributed by atoms with E-state index in [1.165, 1.54) is 6.07 Å². The Kier molecular flexibility index (Phi) is 5.84. The molecule has 2 N–H and O–H groups in total. The van der Waals surface area contributed by atoms with Crippen molar-refractivity contribution < 1.29 is 27.9 Å². The Morgan fingerprint density at radius 2 is 1.92 bits per heavy atom. The summed E-state index contributed by atoms with van der Waals surface area (Å²) in [7, 11) is -3.45. The summed E-state index contributed by atoms with van der Waals surface area (Å²) in [5, 5.41) is 12.1. The van der Waals surface area contributed by atoms with Gasteiger partial charge in [-0.05, 0) is 37.0 Å². The van der Waals surface area contributed by atoms with Crippen LogP contribution in [-0.2, 0) is 25.8 Å². The molecule has 0 spiro atoms. The van der Waals surface area contributed by atoms with E-state index in [0.717, 1.165) is 6.26 Å². The van der Waals surface area contributed by atoms with Crippen LogP contribution in [0.2, 0.25) is 0 Å². The lowest BCUT2D eigenvalue weighted by molar-refractivity contribution is -0.154. The van der Waals surface area contributed by atoms with Gasteiger partial charge >= 0.3 is 5.97 Å². The molecule has 1 amide bonds. The SMILES string of the molecule is CCc1ccc(C(=O)NCC2(C(=O)O)CCOCC2)cc1S(C)(=O)=O. The van der Waals surface area contributed by atoms with E-state index in [1.54, 1.807) is 12.1 Å². The quantitative estimate of drug-likeness (QED) is 0.781. The highest BCUT2D eigenvalue weighted by Gasteiger charge is 2.40. The number of nitrogens with one attached hydrogen (secondary N) is 1. The largest absolute Gasteiger partial charge is 0.481 e. The van der Waals surface area contributed by atoms with Gasteiger partial charge in [0, 0.05) is 31.6 Å². The smallest absolute Gasteiger partial charge is 0.311 e. The average molecular weight is 369 g/mol. The summed E-state index contributed by atoms with van der Waals surface area (Å²) >= 11 is 0. The summed E-state index contributed by atoms with van der Waals surface area (Å²) < 4.78 is 29.0. The van der Waals surface area contributed by atoms with Crippen molar-refractivity contribution in [2.24, 2.45) is 5.41 Å². The molecule has 1 aromatic rings. The minimum absolute atomic E-state index is 0.0196. The fraction of sp³-hybridized carbons (Fsp3) is 0.529. The first-order chi connectivity index (χ1) is 11.7. The standard InChI is InChI=1S/C17H23NO6S/c1-3-12-4-5-13(10-14(12)25(2,22)23)15(19)18-11-17(16(20)21)6-8-24-9-7-17/h4-5,10H,3,6-9,11H2,1-2H3,(H,18,19)(H,20,21). The number of benzene rings is 1. The van der Waals surface area contributed by atoms with Gasteiger partial charge in [0.25, 0.3) is 5.91 Å². The Bertz CT molecular complexity index is 765. The van der Waals surface area contributed by atoms with E-state index in [2.05, 4.69) is 5.32 Å². The Balaban J connectivity index is 2.19. The van der Waals surface area contributed by atoms with Crippen molar-refractivity contribution in [1.82, 2.24) is 5.32 Å². The molecule has 138 valence electrons. The summed E-state index contributed by atoms with van der Waals surface area (Å²) in [5.41, 5.74) is -0.201.